The molecule has 2 aliphatic carbocycles. The maximum Gasteiger partial charge on any atom is 0.226 e. The Morgan fingerprint density at radius 3 is 2.84 bits per heavy atom. The average Bonchev–Trinajstić information content (AvgIpc) is 3.35. The van der Waals surface area contributed by atoms with Crippen LogP contribution in [0.15, 0.2) is 4.52 Å². The lowest BCUT2D eigenvalue weighted by Gasteiger charge is -2.43. The largest absolute Gasteiger partial charge is 0.375 e. The number of hydrogen-bond acceptors (Lipinski definition) is 5. The molecule has 0 radical (unpaired) electrons. The summed E-state index contributed by atoms with van der Waals surface area (Å²) >= 11 is 0. The van der Waals surface area contributed by atoms with Crippen molar-refractivity contribution in [2.45, 2.75) is 94.6 Å². The van der Waals surface area contributed by atoms with E-state index >= 15 is 0 Å². The molecule has 0 unspecified atom stereocenters. The molecule has 1 saturated heterocycles. The Hall–Kier alpha value is -1.43. The van der Waals surface area contributed by atoms with E-state index in [0.29, 0.717) is 24.7 Å². The van der Waals surface area contributed by atoms with Gasteiger partial charge >= 0.3 is 0 Å². The van der Waals surface area contributed by atoms with Gasteiger partial charge in [0, 0.05) is 31.4 Å². The van der Waals surface area contributed by atoms with Gasteiger partial charge in [-0.15, -0.1) is 0 Å². The highest BCUT2D eigenvalue weighted by molar-refractivity contribution is 5.76. The molecule has 1 aromatic heterocycles. The minimum atomic E-state index is 0.0391. The minimum Gasteiger partial charge on any atom is -0.375 e. The summed E-state index contributed by atoms with van der Waals surface area (Å²) in [5.74, 6) is 2.17. The summed E-state index contributed by atoms with van der Waals surface area (Å²) < 4.78 is 11.4. The zero-order valence-electron chi connectivity index (χ0n) is 15.0. The first-order valence-corrected chi connectivity index (χ1v) is 9.98. The Labute approximate surface area is 149 Å². The molecular formula is C19H29N3O3. The highest BCUT2D eigenvalue weighted by Gasteiger charge is 2.38. The van der Waals surface area contributed by atoms with E-state index in [1.165, 1.54) is 32.1 Å². The average molecular weight is 347 g/mol. The third-order valence-corrected chi connectivity index (χ3v) is 5.84. The summed E-state index contributed by atoms with van der Waals surface area (Å²) in [4.78, 5) is 16.7. The van der Waals surface area contributed by atoms with Gasteiger partial charge in [-0.2, -0.15) is 4.98 Å². The van der Waals surface area contributed by atoms with Gasteiger partial charge in [0.05, 0.1) is 5.60 Å². The SMILES string of the molecule is O=C(CCCc1nc(C2CC2)no1)N[C@@H]1CCOC2(CCCCC2)C1. The molecule has 138 valence electrons. The van der Waals surface area contributed by atoms with Crippen molar-refractivity contribution in [1.29, 1.82) is 0 Å². The van der Waals surface area contributed by atoms with Crippen LogP contribution < -0.4 is 5.32 Å². The van der Waals surface area contributed by atoms with Gasteiger partial charge < -0.3 is 14.6 Å². The summed E-state index contributed by atoms with van der Waals surface area (Å²) in [5.41, 5.74) is 0.0391. The number of nitrogens with one attached hydrogen (secondary N) is 1. The number of rotatable bonds is 6. The number of aromatic nitrogens is 2. The highest BCUT2D eigenvalue weighted by Crippen LogP contribution is 2.39. The first-order valence-electron chi connectivity index (χ1n) is 9.98. The Morgan fingerprint density at radius 1 is 1.20 bits per heavy atom. The highest BCUT2D eigenvalue weighted by atomic mass is 16.5. The number of ether oxygens (including phenoxy) is 1. The van der Waals surface area contributed by atoms with Crippen LogP contribution in [0.1, 0.15) is 88.3 Å². The van der Waals surface area contributed by atoms with Gasteiger partial charge in [0.2, 0.25) is 11.8 Å². The lowest BCUT2D eigenvalue weighted by molar-refractivity contribution is -0.128. The molecular weight excluding hydrogens is 318 g/mol. The van der Waals surface area contributed by atoms with Gasteiger partial charge in [-0.1, -0.05) is 24.4 Å². The van der Waals surface area contributed by atoms with Crippen LogP contribution in [-0.4, -0.2) is 34.3 Å². The number of carbonyl (C=O) groups excluding carboxylic acids is 1. The lowest BCUT2D eigenvalue weighted by atomic mass is 9.78. The van der Waals surface area contributed by atoms with Crippen molar-refractivity contribution in [1.82, 2.24) is 15.5 Å². The van der Waals surface area contributed by atoms with E-state index in [4.69, 9.17) is 9.26 Å². The topological polar surface area (TPSA) is 77.2 Å². The Morgan fingerprint density at radius 2 is 2.04 bits per heavy atom. The number of amides is 1. The fraction of sp³-hybridized carbons (Fsp3) is 0.842. The molecule has 6 heteroatoms. The van der Waals surface area contributed by atoms with Gasteiger partial charge in [0.1, 0.15) is 0 Å². The van der Waals surface area contributed by atoms with E-state index in [2.05, 4.69) is 15.5 Å². The van der Waals surface area contributed by atoms with Gasteiger partial charge in [0.25, 0.3) is 0 Å². The number of nitrogens with zero attached hydrogens (tertiary/aromatic N) is 2. The molecule has 4 rings (SSSR count). The summed E-state index contributed by atoms with van der Waals surface area (Å²) in [6.45, 7) is 0.775. The van der Waals surface area contributed by atoms with Crippen LogP contribution in [0, 0.1) is 0 Å². The monoisotopic (exact) mass is 347 g/mol. The Kier molecular flexibility index (Phi) is 5.06. The molecule has 6 nitrogen and oxygen atoms in total. The quantitative estimate of drug-likeness (QED) is 0.854. The number of aryl methyl sites for hydroxylation is 1. The van der Waals surface area contributed by atoms with Crippen LogP contribution in [0.4, 0.5) is 0 Å². The molecule has 1 aliphatic heterocycles. The third kappa shape index (κ3) is 4.40. The molecule has 1 aromatic rings. The first-order chi connectivity index (χ1) is 12.2. The first kappa shape index (κ1) is 17.0. The van der Waals surface area contributed by atoms with Gasteiger partial charge in [0.15, 0.2) is 5.82 Å². The maximum absolute atomic E-state index is 12.3. The van der Waals surface area contributed by atoms with E-state index in [-0.39, 0.29) is 17.6 Å². The van der Waals surface area contributed by atoms with Crippen molar-refractivity contribution in [3.05, 3.63) is 11.7 Å². The van der Waals surface area contributed by atoms with Crippen molar-refractivity contribution in [2.75, 3.05) is 6.61 Å². The fourth-order valence-corrected chi connectivity index (χ4v) is 4.27. The molecule has 1 atom stereocenters. The van der Waals surface area contributed by atoms with Crippen molar-refractivity contribution >= 4 is 5.91 Å². The molecule has 25 heavy (non-hydrogen) atoms. The van der Waals surface area contributed by atoms with E-state index in [1.54, 1.807) is 0 Å². The molecule has 1 N–H and O–H groups in total. The zero-order chi connectivity index (χ0) is 17.1. The molecule has 2 saturated carbocycles. The summed E-state index contributed by atoms with van der Waals surface area (Å²) in [5, 5.41) is 7.24. The second kappa shape index (κ2) is 7.44. The molecule has 2 heterocycles. The zero-order valence-corrected chi connectivity index (χ0v) is 15.0. The summed E-state index contributed by atoms with van der Waals surface area (Å²) in [7, 11) is 0. The molecule has 0 bridgehead atoms. The van der Waals surface area contributed by atoms with E-state index in [0.717, 1.165) is 44.5 Å². The standard InChI is InChI=1S/C19H29N3O3/c23-16(5-4-6-17-21-18(22-25-17)14-7-8-14)20-15-9-12-24-19(13-15)10-2-1-3-11-19/h14-15H,1-13H2,(H,20,23)/t15-/m1/s1. The van der Waals surface area contributed by atoms with Crippen molar-refractivity contribution in [3.8, 4) is 0 Å². The summed E-state index contributed by atoms with van der Waals surface area (Å²) in [6.07, 6.45) is 12.4. The number of hydrogen-bond donors (Lipinski definition) is 1. The Balaban J connectivity index is 1.19. The maximum atomic E-state index is 12.3. The van der Waals surface area contributed by atoms with Crippen LogP contribution in [0.25, 0.3) is 0 Å². The normalized spacial score (nSPS) is 25.8. The van der Waals surface area contributed by atoms with Crippen molar-refractivity contribution in [3.63, 3.8) is 0 Å². The van der Waals surface area contributed by atoms with E-state index in [9.17, 15) is 4.79 Å². The van der Waals surface area contributed by atoms with Gasteiger partial charge in [-0.25, -0.2) is 0 Å². The fourth-order valence-electron chi connectivity index (χ4n) is 4.27. The van der Waals surface area contributed by atoms with Crippen LogP contribution in [0.5, 0.6) is 0 Å². The van der Waals surface area contributed by atoms with Gasteiger partial charge in [-0.3, -0.25) is 4.79 Å². The van der Waals surface area contributed by atoms with E-state index in [1.807, 2.05) is 0 Å². The van der Waals surface area contributed by atoms with E-state index < -0.39 is 0 Å². The smallest absolute Gasteiger partial charge is 0.226 e. The van der Waals surface area contributed by atoms with Gasteiger partial charge in [-0.05, 0) is 44.9 Å². The van der Waals surface area contributed by atoms with Crippen LogP contribution >= 0.6 is 0 Å². The van der Waals surface area contributed by atoms with Crippen molar-refractivity contribution in [2.24, 2.45) is 0 Å². The predicted octanol–water partition coefficient (Wildman–Crippen LogP) is 3.27. The molecule has 0 aromatic carbocycles. The minimum absolute atomic E-state index is 0.0391. The Bertz CT molecular complexity index is 585. The van der Waals surface area contributed by atoms with Crippen LogP contribution in [0.3, 0.4) is 0 Å². The number of carbonyl (C=O) groups is 1. The third-order valence-electron chi connectivity index (χ3n) is 5.84. The molecule has 3 aliphatic rings. The molecule has 3 fully saturated rings. The van der Waals surface area contributed by atoms with Crippen molar-refractivity contribution < 1.29 is 14.1 Å². The second-order valence-corrected chi connectivity index (χ2v) is 8.02. The van der Waals surface area contributed by atoms with Crippen LogP contribution in [0.2, 0.25) is 0 Å². The van der Waals surface area contributed by atoms with Crippen LogP contribution in [-0.2, 0) is 16.0 Å². The summed E-state index contributed by atoms with van der Waals surface area (Å²) in [6, 6.07) is 0.268. The predicted molar refractivity (Wildman–Crippen MR) is 92.1 cm³/mol. The molecule has 1 spiro atoms. The molecule has 1 amide bonds. The second-order valence-electron chi connectivity index (χ2n) is 8.02. The lowest BCUT2D eigenvalue weighted by Crippen LogP contribution is -2.49.